The normalized spacial score (nSPS) is 10.6. The zero-order valence-electron chi connectivity index (χ0n) is 14.1. The Kier molecular flexibility index (Phi) is 7.06. The molecule has 0 aromatic heterocycles. The van der Waals surface area contributed by atoms with E-state index in [1.807, 2.05) is 0 Å². The van der Waals surface area contributed by atoms with E-state index in [0.717, 1.165) is 0 Å². The van der Waals surface area contributed by atoms with E-state index in [9.17, 15) is 9.59 Å². The van der Waals surface area contributed by atoms with Gasteiger partial charge < -0.3 is 14.2 Å². The van der Waals surface area contributed by atoms with Crippen molar-refractivity contribution in [2.24, 2.45) is 0 Å². The van der Waals surface area contributed by atoms with Crippen molar-refractivity contribution in [3.05, 3.63) is 63.6 Å². The highest BCUT2D eigenvalue weighted by molar-refractivity contribution is 6.36. The van der Waals surface area contributed by atoms with Gasteiger partial charge >= 0.3 is 5.97 Å². The SMILES string of the molecule is COc1cccc(/C=C/C(=O)OCC(=O)c2ccc(Cl)cc2Cl)c1OC. The Morgan fingerprint density at radius 1 is 1.08 bits per heavy atom. The van der Waals surface area contributed by atoms with E-state index in [4.69, 9.17) is 37.4 Å². The molecule has 0 N–H and O–H groups in total. The van der Waals surface area contributed by atoms with E-state index < -0.39 is 18.4 Å². The summed E-state index contributed by atoms with van der Waals surface area (Å²) in [6, 6.07) is 9.73. The van der Waals surface area contributed by atoms with Crippen LogP contribution in [-0.4, -0.2) is 32.6 Å². The Morgan fingerprint density at radius 2 is 1.85 bits per heavy atom. The van der Waals surface area contributed by atoms with Crippen molar-refractivity contribution in [3.63, 3.8) is 0 Å². The molecule has 7 heteroatoms. The van der Waals surface area contributed by atoms with Crippen molar-refractivity contribution in [1.29, 1.82) is 0 Å². The predicted molar refractivity (Wildman–Crippen MR) is 100 cm³/mol. The molecule has 2 aromatic rings. The summed E-state index contributed by atoms with van der Waals surface area (Å²) in [6.45, 7) is -0.431. The maximum Gasteiger partial charge on any atom is 0.331 e. The van der Waals surface area contributed by atoms with Crippen LogP contribution >= 0.6 is 23.2 Å². The molecule has 2 aromatic carbocycles. The van der Waals surface area contributed by atoms with Crippen molar-refractivity contribution in [3.8, 4) is 11.5 Å². The van der Waals surface area contributed by atoms with Crippen molar-refractivity contribution in [2.75, 3.05) is 20.8 Å². The van der Waals surface area contributed by atoms with Crippen LogP contribution in [0.5, 0.6) is 11.5 Å². The number of halogens is 2. The Morgan fingerprint density at radius 3 is 2.50 bits per heavy atom. The number of rotatable bonds is 7. The van der Waals surface area contributed by atoms with Gasteiger partial charge in [-0.25, -0.2) is 4.79 Å². The fourth-order valence-electron chi connectivity index (χ4n) is 2.18. The third kappa shape index (κ3) is 5.00. The molecular weight excluding hydrogens is 379 g/mol. The number of carbonyl (C=O) groups excluding carboxylic acids is 2. The molecule has 0 amide bonds. The molecule has 136 valence electrons. The molecular formula is C19H16Cl2O5. The summed E-state index contributed by atoms with van der Waals surface area (Å²) in [5.74, 6) is -0.0701. The second kappa shape index (κ2) is 9.27. The topological polar surface area (TPSA) is 61.8 Å². The largest absolute Gasteiger partial charge is 0.493 e. The van der Waals surface area contributed by atoms with Gasteiger partial charge in [-0.3, -0.25) is 4.79 Å². The molecule has 0 heterocycles. The maximum atomic E-state index is 12.1. The first kappa shape index (κ1) is 19.8. The number of hydrogen-bond acceptors (Lipinski definition) is 5. The number of ether oxygens (including phenoxy) is 3. The van der Waals surface area contributed by atoms with Crippen LogP contribution in [0, 0.1) is 0 Å². The van der Waals surface area contributed by atoms with Crippen LogP contribution in [0.1, 0.15) is 15.9 Å². The van der Waals surface area contributed by atoms with Gasteiger partial charge in [-0.15, -0.1) is 0 Å². The number of ketones is 1. The number of Topliss-reactive ketones (excluding diaryl/α,β-unsaturated/α-hetero) is 1. The first-order valence-electron chi connectivity index (χ1n) is 7.50. The lowest BCUT2D eigenvalue weighted by Gasteiger charge is -2.09. The van der Waals surface area contributed by atoms with Gasteiger partial charge in [-0.1, -0.05) is 35.3 Å². The molecule has 0 unspecified atom stereocenters. The molecule has 0 aliphatic carbocycles. The van der Waals surface area contributed by atoms with Gasteiger partial charge in [-0.05, 0) is 30.3 Å². The van der Waals surface area contributed by atoms with Gasteiger partial charge in [0.2, 0.25) is 5.78 Å². The average molecular weight is 395 g/mol. The average Bonchev–Trinajstić information content (AvgIpc) is 2.63. The second-order valence-electron chi connectivity index (χ2n) is 5.07. The highest BCUT2D eigenvalue weighted by Gasteiger charge is 2.13. The summed E-state index contributed by atoms with van der Waals surface area (Å²) in [6.07, 6.45) is 2.72. The van der Waals surface area contributed by atoms with Gasteiger partial charge in [-0.2, -0.15) is 0 Å². The summed E-state index contributed by atoms with van der Waals surface area (Å²) in [5.41, 5.74) is 0.873. The lowest BCUT2D eigenvalue weighted by molar-refractivity contribution is -0.136. The van der Waals surface area contributed by atoms with Gasteiger partial charge in [0.1, 0.15) is 0 Å². The fourth-order valence-corrected chi connectivity index (χ4v) is 2.69. The van der Waals surface area contributed by atoms with E-state index >= 15 is 0 Å². The summed E-state index contributed by atoms with van der Waals surface area (Å²) in [4.78, 5) is 23.9. The Labute approximate surface area is 161 Å². The maximum absolute atomic E-state index is 12.1. The number of esters is 1. The third-order valence-corrected chi connectivity index (χ3v) is 3.96. The number of methoxy groups -OCH3 is 2. The molecule has 2 rings (SSSR count). The van der Waals surface area contributed by atoms with Gasteiger partial charge in [0.25, 0.3) is 0 Å². The van der Waals surface area contributed by atoms with Crippen molar-refractivity contribution < 1.29 is 23.8 Å². The van der Waals surface area contributed by atoms with Crippen molar-refractivity contribution >= 4 is 41.0 Å². The third-order valence-electron chi connectivity index (χ3n) is 3.41. The number of benzene rings is 2. The molecule has 0 aliphatic rings. The number of carbonyl (C=O) groups is 2. The molecule has 0 saturated heterocycles. The zero-order chi connectivity index (χ0) is 19.1. The highest BCUT2D eigenvalue weighted by atomic mass is 35.5. The second-order valence-corrected chi connectivity index (χ2v) is 5.91. The Bertz CT molecular complexity index is 846. The molecule has 0 fully saturated rings. The van der Waals surface area contributed by atoms with Crippen LogP contribution in [-0.2, 0) is 9.53 Å². The van der Waals surface area contributed by atoms with E-state index in [2.05, 4.69) is 0 Å². The van der Waals surface area contributed by atoms with Crippen LogP contribution in [0.15, 0.2) is 42.5 Å². The van der Waals surface area contributed by atoms with Crippen molar-refractivity contribution in [1.82, 2.24) is 0 Å². The predicted octanol–water partition coefficient (Wildman–Crippen LogP) is 4.45. The van der Waals surface area contributed by atoms with Crippen LogP contribution in [0.3, 0.4) is 0 Å². The monoisotopic (exact) mass is 394 g/mol. The van der Waals surface area contributed by atoms with E-state index in [1.165, 1.54) is 44.6 Å². The molecule has 0 atom stereocenters. The number of hydrogen-bond donors (Lipinski definition) is 0. The summed E-state index contributed by atoms with van der Waals surface area (Å²) < 4.78 is 15.4. The molecule has 0 spiro atoms. The van der Waals surface area contributed by atoms with Gasteiger partial charge in [0.15, 0.2) is 18.1 Å². The van der Waals surface area contributed by atoms with Crippen LogP contribution < -0.4 is 9.47 Å². The van der Waals surface area contributed by atoms with Gasteiger partial charge in [0.05, 0.1) is 19.2 Å². The summed E-state index contributed by atoms with van der Waals surface area (Å²) in [7, 11) is 3.02. The first-order chi connectivity index (χ1) is 12.5. The quantitative estimate of drug-likeness (QED) is 0.394. The first-order valence-corrected chi connectivity index (χ1v) is 8.26. The van der Waals surface area contributed by atoms with Crippen LogP contribution in [0.4, 0.5) is 0 Å². The molecule has 0 bridgehead atoms. The molecule has 0 radical (unpaired) electrons. The minimum absolute atomic E-state index is 0.204. The summed E-state index contributed by atoms with van der Waals surface area (Å²) >= 11 is 11.7. The summed E-state index contributed by atoms with van der Waals surface area (Å²) in [5, 5.41) is 0.619. The van der Waals surface area contributed by atoms with Crippen molar-refractivity contribution in [2.45, 2.75) is 0 Å². The lowest BCUT2D eigenvalue weighted by atomic mass is 10.1. The molecule has 0 aliphatic heterocycles. The fraction of sp³-hybridized carbons (Fsp3) is 0.158. The van der Waals surface area contributed by atoms with E-state index in [-0.39, 0.29) is 10.6 Å². The lowest BCUT2D eigenvalue weighted by Crippen LogP contribution is -2.13. The number of para-hydroxylation sites is 1. The van der Waals surface area contributed by atoms with Gasteiger partial charge in [0, 0.05) is 22.2 Å². The van der Waals surface area contributed by atoms with Crippen LogP contribution in [0.25, 0.3) is 6.08 Å². The van der Waals surface area contributed by atoms with E-state index in [0.29, 0.717) is 22.1 Å². The minimum Gasteiger partial charge on any atom is -0.493 e. The molecule has 5 nitrogen and oxygen atoms in total. The smallest absolute Gasteiger partial charge is 0.331 e. The zero-order valence-corrected chi connectivity index (χ0v) is 15.6. The standard InChI is InChI=1S/C19H16Cl2O5/c1-24-17-5-3-4-12(19(17)25-2)6-9-18(23)26-11-16(22)14-8-7-13(20)10-15(14)21/h3-10H,11H2,1-2H3/b9-6+. The minimum atomic E-state index is -0.673. The highest BCUT2D eigenvalue weighted by Crippen LogP contribution is 2.31. The molecule has 0 saturated carbocycles. The van der Waals surface area contributed by atoms with Crippen LogP contribution in [0.2, 0.25) is 10.0 Å². The molecule has 26 heavy (non-hydrogen) atoms. The van der Waals surface area contributed by atoms with E-state index in [1.54, 1.807) is 18.2 Å². The Hall–Kier alpha value is -2.50. The Balaban J connectivity index is 2.01.